The van der Waals surface area contributed by atoms with Gasteiger partial charge in [0.05, 0.1) is 19.6 Å². The molecule has 1 unspecified atom stereocenters. The summed E-state index contributed by atoms with van der Waals surface area (Å²) in [6.07, 6.45) is 1.45. The van der Waals surface area contributed by atoms with Crippen molar-refractivity contribution < 1.29 is 14.3 Å². The summed E-state index contributed by atoms with van der Waals surface area (Å²) in [7, 11) is 1.39. The van der Waals surface area contributed by atoms with E-state index in [4.69, 9.17) is 4.74 Å². The van der Waals surface area contributed by atoms with E-state index in [0.717, 1.165) is 25.5 Å². The zero-order valence-electron chi connectivity index (χ0n) is 14.5. The van der Waals surface area contributed by atoms with Crippen molar-refractivity contribution in [3.63, 3.8) is 0 Å². The van der Waals surface area contributed by atoms with E-state index in [-0.39, 0.29) is 36.0 Å². The Kier molecular flexibility index (Phi) is 16.5. The van der Waals surface area contributed by atoms with E-state index >= 15 is 0 Å². The lowest BCUT2D eigenvalue weighted by atomic mass is 10.0. The van der Waals surface area contributed by atoms with Crippen molar-refractivity contribution in [1.82, 2.24) is 10.6 Å². The van der Waals surface area contributed by atoms with Gasteiger partial charge in [0.25, 0.3) is 0 Å². The highest BCUT2D eigenvalue weighted by molar-refractivity contribution is 14.0. The Balaban J connectivity index is 0. The molecule has 0 saturated heterocycles. The predicted molar refractivity (Wildman–Crippen MR) is 101 cm³/mol. The van der Waals surface area contributed by atoms with Crippen molar-refractivity contribution in [2.45, 2.75) is 46.6 Å². The molecule has 6 nitrogen and oxygen atoms in total. The van der Waals surface area contributed by atoms with E-state index in [0.29, 0.717) is 25.4 Å². The number of methoxy groups -OCH3 is 1. The summed E-state index contributed by atoms with van der Waals surface area (Å²) in [6, 6.07) is 0. The molecule has 0 aromatic rings. The maximum Gasteiger partial charge on any atom is 0.307 e. The van der Waals surface area contributed by atoms with Gasteiger partial charge in [0.2, 0.25) is 0 Å². The van der Waals surface area contributed by atoms with Crippen LogP contribution in [0, 0.1) is 5.92 Å². The minimum atomic E-state index is -0.227. The number of halogens is 1. The van der Waals surface area contributed by atoms with Gasteiger partial charge in [-0.1, -0.05) is 13.8 Å². The molecule has 0 aromatic heterocycles. The van der Waals surface area contributed by atoms with Gasteiger partial charge in [0.15, 0.2) is 5.96 Å². The van der Waals surface area contributed by atoms with E-state index in [2.05, 4.69) is 34.2 Å². The van der Waals surface area contributed by atoms with Crippen LogP contribution in [-0.2, 0) is 14.3 Å². The summed E-state index contributed by atoms with van der Waals surface area (Å²) in [6.45, 7) is 11.0. The first-order chi connectivity index (χ1) is 10.0. The fourth-order valence-corrected chi connectivity index (χ4v) is 1.85. The second kappa shape index (κ2) is 15.3. The third kappa shape index (κ3) is 12.0. The normalized spacial score (nSPS) is 12.5. The summed E-state index contributed by atoms with van der Waals surface area (Å²) < 4.78 is 10.3. The average molecular weight is 429 g/mol. The molecule has 2 N–H and O–H groups in total. The van der Waals surface area contributed by atoms with Crippen LogP contribution in [0.15, 0.2) is 4.99 Å². The Morgan fingerprint density at radius 3 is 2.41 bits per heavy atom. The minimum Gasteiger partial charge on any atom is -0.469 e. The zero-order valence-corrected chi connectivity index (χ0v) is 16.8. The molecule has 22 heavy (non-hydrogen) atoms. The lowest BCUT2D eigenvalue weighted by Gasteiger charge is -2.20. The van der Waals surface area contributed by atoms with Gasteiger partial charge in [-0.3, -0.25) is 9.79 Å². The minimum absolute atomic E-state index is 0. The van der Waals surface area contributed by atoms with Gasteiger partial charge in [0.1, 0.15) is 0 Å². The quantitative estimate of drug-likeness (QED) is 0.241. The van der Waals surface area contributed by atoms with E-state index in [9.17, 15) is 4.79 Å². The second-order valence-corrected chi connectivity index (χ2v) is 5.04. The molecule has 0 aliphatic carbocycles. The van der Waals surface area contributed by atoms with E-state index in [1.165, 1.54) is 7.11 Å². The molecule has 0 heterocycles. The van der Waals surface area contributed by atoms with E-state index in [1.54, 1.807) is 0 Å². The topological polar surface area (TPSA) is 72.0 Å². The molecule has 0 aliphatic heterocycles. The third-order valence-electron chi connectivity index (χ3n) is 3.00. The number of carbonyl (C=O) groups is 1. The van der Waals surface area contributed by atoms with Crippen LogP contribution >= 0.6 is 24.0 Å². The molecule has 0 fully saturated rings. The molecule has 0 aromatic carbocycles. The first-order valence-electron chi connectivity index (χ1n) is 7.75. The van der Waals surface area contributed by atoms with Crippen LogP contribution in [0.5, 0.6) is 0 Å². The number of aliphatic imine (C=N–C) groups is 1. The molecule has 1 atom stereocenters. The fraction of sp³-hybridized carbons (Fsp3) is 0.867. The second-order valence-electron chi connectivity index (χ2n) is 5.04. The van der Waals surface area contributed by atoms with Crippen LogP contribution in [0.25, 0.3) is 0 Å². The molecule has 0 saturated carbocycles. The average Bonchev–Trinajstić information content (AvgIpc) is 2.45. The van der Waals surface area contributed by atoms with Gasteiger partial charge >= 0.3 is 5.97 Å². The number of carbonyl (C=O) groups excluding carboxylic acids is 1. The fourth-order valence-electron chi connectivity index (χ4n) is 1.85. The van der Waals surface area contributed by atoms with Gasteiger partial charge in [-0.25, -0.2) is 0 Å². The number of nitrogens with one attached hydrogen (secondary N) is 2. The van der Waals surface area contributed by atoms with Crippen LogP contribution in [0.3, 0.4) is 0 Å². The molecule has 7 heteroatoms. The largest absolute Gasteiger partial charge is 0.469 e. The number of hydrogen-bond donors (Lipinski definition) is 2. The van der Waals surface area contributed by atoms with Gasteiger partial charge in [-0.05, 0) is 26.2 Å². The standard InChI is InChI=1S/C15H31N3O3.HI/c1-6-16-15(18-11-9-14(19)20-5)17-10-8-13(12(3)4)21-7-2;/h12-13H,6-11H2,1-5H3,(H2,16,17,18);1H. The van der Waals surface area contributed by atoms with Crippen LogP contribution in [0.2, 0.25) is 0 Å². The van der Waals surface area contributed by atoms with Gasteiger partial charge in [0, 0.05) is 26.2 Å². The van der Waals surface area contributed by atoms with Gasteiger partial charge in [-0.2, -0.15) is 0 Å². The SMILES string of the molecule is CCNC(=NCCC(OCC)C(C)C)NCCC(=O)OC.I. The summed E-state index contributed by atoms with van der Waals surface area (Å²) in [5.41, 5.74) is 0. The van der Waals surface area contributed by atoms with Crippen LogP contribution in [0.1, 0.15) is 40.5 Å². The van der Waals surface area contributed by atoms with Crippen LogP contribution in [-0.4, -0.2) is 51.4 Å². The smallest absolute Gasteiger partial charge is 0.307 e. The number of guanidine groups is 1. The summed E-state index contributed by atoms with van der Waals surface area (Å²) in [5.74, 6) is 0.977. The molecule has 0 radical (unpaired) electrons. The van der Waals surface area contributed by atoms with E-state index in [1.807, 2.05) is 13.8 Å². The third-order valence-corrected chi connectivity index (χ3v) is 3.00. The maximum absolute atomic E-state index is 11.1. The summed E-state index contributed by atoms with van der Waals surface area (Å²) in [5, 5.41) is 6.27. The van der Waals surface area contributed by atoms with E-state index < -0.39 is 0 Å². The Hall–Kier alpha value is -0.570. The molecular weight excluding hydrogens is 397 g/mol. The lowest BCUT2D eigenvalue weighted by Crippen LogP contribution is -2.38. The summed E-state index contributed by atoms with van der Waals surface area (Å²) >= 11 is 0. The lowest BCUT2D eigenvalue weighted by molar-refractivity contribution is -0.140. The predicted octanol–water partition coefficient (Wildman–Crippen LogP) is 2.17. The molecule has 132 valence electrons. The maximum atomic E-state index is 11.1. The van der Waals surface area contributed by atoms with Crippen molar-refractivity contribution in [3.8, 4) is 0 Å². The first-order valence-corrected chi connectivity index (χ1v) is 7.75. The monoisotopic (exact) mass is 429 g/mol. The summed E-state index contributed by atoms with van der Waals surface area (Å²) in [4.78, 5) is 15.6. The Labute approximate surface area is 151 Å². The van der Waals surface area contributed by atoms with Gasteiger partial charge < -0.3 is 20.1 Å². The molecule has 0 aliphatic rings. The molecule has 0 amide bonds. The Morgan fingerprint density at radius 1 is 1.23 bits per heavy atom. The van der Waals surface area contributed by atoms with Crippen LogP contribution < -0.4 is 10.6 Å². The number of esters is 1. The highest BCUT2D eigenvalue weighted by Gasteiger charge is 2.12. The highest BCUT2D eigenvalue weighted by Crippen LogP contribution is 2.10. The highest BCUT2D eigenvalue weighted by atomic mass is 127. The van der Waals surface area contributed by atoms with Crippen molar-refractivity contribution in [2.75, 3.05) is 33.4 Å². The van der Waals surface area contributed by atoms with Gasteiger partial charge in [-0.15, -0.1) is 24.0 Å². The van der Waals surface area contributed by atoms with Crippen molar-refractivity contribution in [2.24, 2.45) is 10.9 Å². The molecule has 0 rings (SSSR count). The number of ether oxygens (including phenoxy) is 2. The molecular formula is C15H32IN3O3. The molecule has 0 spiro atoms. The zero-order chi connectivity index (χ0) is 16.1. The molecule has 0 bridgehead atoms. The number of rotatable bonds is 10. The number of nitrogens with zero attached hydrogens (tertiary/aromatic N) is 1. The Morgan fingerprint density at radius 2 is 1.91 bits per heavy atom. The van der Waals surface area contributed by atoms with Crippen LogP contribution in [0.4, 0.5) is 0 Å². The Bertz CT molecular complexity index is 312. The van der Waals surface area contributed by atoms with Crippen molar-refractivity contribution in [1.29, 1.82) is 0 Å². The van der Waals surface area contributed by atoms with Crippen molar-refractivity contribution >= 4 is 35.9 Å². The van der Waals surface area contributed by atoms with Crippen molar-refractivity contribution in [3.05, 3.63) is 0 Å². The number of hydrogen-bond acceptors (Lipinski definition) is 4. The first kappa shape index (κ1) is 23.7.